The number of nitrogens with one attached hydrogen (secondary N) is 1. The molecule has 0 saturated heterocycles. The van der Waals surface area contributed by atoms with Gasteiger partial charge in [-0.05, 0) is 42.5 Å². The zero-order valence-corrected chi connectivity index (χ0v) is 14.0. The lowest BCUT2D eigenvalue weighted by Crippen LogP contribution is -1.96. The van der Waals surface area contributed by atoms with Gasteiger partial charge in [-0.1, -0.05) is 17.7 Å². The predicted molar refractivity (Wildman–Crippen MR) is 93.9 cm³/mol. The number of halogens is 2. The highest BCUT2D eigenvalue weighted by atomic mass is 35.5. The Kier molecular flexibility index (Phi) is 4.68. The molecule has 3 aromatic rings. The molecule has 0 amide bonds. The molecule has 10 heteroatoms. The van der Waals surface area contributed by atoms with Crippen LogP contribution < -0.4 is 0 Å². The van der Waals surface area contributed by atoms with Gasteiger partial charge >= 0.3 is 0 Å². The fraction of sp³-hybridized carbons (Fsp3) is 0. The minimum atomic E-state index is -0.576. The third kappa shape index (κ3) is 3.62. The molecule has 0 spiro atoms. The molecule has 0 unspecified atom stereocenters. The van der Waals surface area contributed by atoms with Gasteiger partial charge < -0.3 is 0 Å². The molecule has 126 valence electrons. The lowest BCUT2D eigenvalue weighted by atomic mass is 10.2. The number of hydrogen-bond donors (Lipinski definition) is 1. The summed E-state index contributed by atoms with van der Waals surface area (Å²) in [6.07, 6.45) is 1.39. The van der Waals surface area contributed by atoms with E-state index in [1.165, 1.54) is 35.2 Å². The first-order valence-corrected chi connectivity index (χ1v) is 7.66. The maximum Gasteiger partial charge on any atom is 0.288 e. The molecule has 1 heterocycles. The molecule has 0 atom stereocenters. The van der Waals surface area contributed by atoms with Crippen LogP contribution in [0.3, 0.4) is 0 Å². The molecule has 0 aliphatic rings. The van der Waals surface area contributed by atoms with Crippen molar-refractivity contribution in [1.29, 1.82) is 0 Å². The highest BCUT2D eigenvalue weighted by Gasteiger charge is 2.12. The summed E-state index contributed by atoms with van der Waals surface area (Å²) in [6, 6.07) is 9.97. The molecule has 0 aliphatic heterocycles. The molecule has 1 aromatic heterocycles. The second-order valence-corrected chi connectivity index (χ2v) is 5.68. The third-order valence-electron chi connectivity index (χ3n) is 3.24. The van der Waals surface area contributed by atoms with Crippen LogP contribution in [-0.4, -0.2) is 26.0 Å². The fourth-order valence-corrected chi connectivity index (χ4v) is 2.42. The molecule has 0 aliphatic carbocycles. The van der Waals surface area contributed by atoms with Crippen molar-refractivity contribution in [2.24, 2.45) is 5.10 Å². The van der Waals surface area contributed by atoms with Crippen molar-refractivity contribution in [2.45, 2.75) is 0 Å². The zero-order chi connectivity index (χ0) is 18.0. The Balaban J connectivity index is 1.99. The summed E-state index contributed by atoms with van der Waals surface area (Å²) < 4.78 is 14.6. The van der Waals surface area contributed by atoms with E-state index in [4.69, 9.17) is 23.8 Å². The number of rotatable bonds is 4. The van der Waals surface area contributed by atoms with E-state index in [0.717, 1.165) is 0 Å². The van der Waals surface area contributed by atoms with Gasteiger partial charge in [-0.2, -0.15) is 14.9 Å². The first-order valence-electron chi connectivity index (χ1n) is 6.87. The topological polar surface area (TPSA) is 89.1 Å². The van der Waals surface area contributed by atoms with E-state index in [-0.39, 0.29) is 21.3 Å². The zero-order valence-electron chi connectivity index (χ0n) is 12.4. The molecule has 1 N–H and O–H groups in total. The van der Waals surface area contributed by atoms with E-state index >= 15 is 0 Å². The molecular weight excluding hydrogens is 369 g/mol. The number of H-pyrrole nitrogens is 1. The highest BCUT2D eigenvalue weighted by Crippen LogP contribution is 2.24. The van der Waals surface area contributed by atoms with Crippen LogP contribution in [0.2, 0.25) is 5.02 Å². The van der Waals surface area contributed by atoms with E-state index in [9.17, 15) is 14.5 Å². The average Bonchev–Trinajstić information content (AvgIpc) is 2.95. The van der Waals surface area contributed by atoms with Gasteiger partial charge in [0, 0.05) is 17.2 Å². The summed E-state index contributed by atoms with van der Waals surface area (Å²) >= 11 is 10.9. The van der Waals surface area contributed by atoms with Gasteiger partial charge in [0.2, 0.25) is 4.77 Å². The number of nitro groups is 1. The molecule has 0 bridgehead atoms. The second-order valence-electron chi connectivity index (χ2n) is 4.88. The Morgan fingerprint density at radius 3 is 2.72 bits per heavy atom. The van der Waals surface area contributed by atoms with Crippen molar-refractivity contribution >= 4 is 35.7 Å². The van der Waals surface area contributed by atoms with Gasteiger partial charge in [0.25, 0.3) is 5.69 Å². The number of aromatic amines is 1. The summed E-state index contributed by atoms with van der Waals surface area (Å²) in [5.41, 5.74) is 0.845. The maximum absolute atomic E-state index is 13.1. The summed E-state index contributed by atoms with van der Waals surface area (Å²) in [7, 11) is 0. The Labute approximate surface area is 150 Å². The van der Waals surface area contributed by atoms with Crippen LogP contribution >= 0.6 is 23.8 Å². The monoisotopic (exact) mass is 377 g/mol. The van der Waals surface area contributed by atoms with Crippen molar-refractivity contribution in [3.8, 4) is 11.4 Å². The first kappa shape index (κ1) is 16.9. The number of hydrogen-bond acceptors (Lipinski definition) is 5. The van der Waals surface area contributed by atoms with Crippen LogP contribution in [0.4, 0.5) is 10.1 Å². The standard InChI is InChI=1S/C15H9ClFN5O2S/c16-12-6-1-9(7-13(12)22(23)24)8-18-21-14(19-20-15(21)25)10-2-4-11(17)5-3-10/h1-8H,(H,20,25)/b18-8-. The number of nitrogens with zero attached hydrogens (tertiary/aromatic N) is 4. The van der Waals surface area contributed by atoms with Gasteiger partial charge in [-0.15, -0.1) is 0 Å². The summed E-state index contributed by atoms with van der Waals surface area (Å²) in [5, 5.41) is 21.8. The number of aromatic nitrogens is 3. The van der Waals surface area contributed by atoms with Crippen LogP contribution in [0.25, 0.3) is 11.4 Å². The van der Waals surface area contributed by atoms with Gasteiger partial charge in [-0.25, -0.2) is 9.49 Å². The maximum atomic E-state index is 13.1. The van der Waals surface area contributed by atoms with Crippen LogP contribution in [-0.2, 0) is 0 Å². The van der Waals surface area contributed by atoms with Gasteiger partial charge in [0.05, 0.1) is 11.1 Å². The summed E-state index contributed by atoms with van der Waals surface area (Å²) in [5.74, 6) is 0.00567. The molecule has 0 saturated carbocycles. The lowest BCUT2D eigenvalue weighted by Gasteiger charge is -2.01. The molecule has 2 aromatic carbocycles. The van der Waals surface area contributed by atoms with Crippen molar-refractivity contribution in [1.82, 2.24) is 14.9 Å². The van der Waals surface area contributed by atoms with Gasteiger partial charge in [0.1, 0.15) is 10.8 Å². The minimum absolute atomic E-state index is 0.0362. The van der Waals surface area contributed by atoms with Crippen molar-refractivity contribution in [3.63, 3.8) is 0 Å². The molecule has 0 fully saturated rings. The van der Waals surface area contributed by atoms with E-state index in [1.807, 2.05) is 0 Å². The molecular formula is C15H9ClFN5O2S. The van der Waals surface area contributed by atoms with Crippen molar-refractivity contribution in [2.75, 3.05) is 0 Å². The molecule has 7 nitrogen and oxygen atoms in total. The normalized spacial score (nSPS) is 11.1. The van der Waals surface area contributed by atoms with E-state index in [0.29, 0.717) is 17.0 Å². The van der Waals surface area contributed by atoms with E-state index in [1.54, 1.807) is 18.2 Å². The largest absolute Gasteiger partial charge is 0.288 e. The highest BCUT2D eigenvalue weighted by molar-refractivity contribution is 7.71. The predicted octanol–water partition coefficient (Wildman–Crippen LogP) is 4.19. The smallest absolute Gasteiger partial charge is 0.258 e. The van der Waals surface area contributed by atoms with Crippen molar-refractivity contribution < 1.29 is 9.31 Å². The van der Waals surface area contributed by atoms with Crippen molar-refractivity contribution in [3.05, 3.63) is 73.8 Å². The minimum Gasteiger partial charge on any atom is -0.258 e. The fourth-order valence-electron chi connectivity index (χ4n) is 2.06. The Bertz CT molecular complexity index is 1030. The number of nitro benzene ring substituents is 1. The second kappa shape index (κ2) is 6.91. The van der Waals surface area contributed by atoms with E-state index < -0.39 is 4.92 Å². The average molecular weight is 378 g/mol. The first-order chi connectivity index (χ1) is 12.0. The number of benzene rings is 2. The van der Waals surface area contributed by atoms with Crippen LogP contribution in [0.15, 0.2) is 47.6 Å². The third-order valence-corrected chi connectivity index (χ3v) is 3.83. The molecule has 3 rings (SSSR count). The lowest BCUT2D eigenvalue weighted by molar-refractivity contribution is -0.384. The molecule has 25 heavy (non-hydrogen) atoms. The Morgan fingerprint density at radius 2 is 2.04 bits per heavy atom. The van der Waals surface area contributed by atoms with Crippen LogP contribution in [0.5, 0.6) is 0 Å². The SMILES string of the molecule is O=[N+]([O-])c1cc(/C=N\n2c(-c3ccc(F)cc3)n[nH]c2=S)ccc1Cl. The Hall–Kier alpha value is -2.91. The van der Waals surface area contributed by atoms with Gasteiger partial charge in [-0.3, -0.25) is 10.1 Å². The van der Waals surface area contributed by atoms with Crippen LogP contribution in [0.1, 0.15) is 5.56 Å². The van der Waals surface area contributed by atoms with E-state index in [2.05, 4.69) is 15.3 Å². The summed E-state index contributed by atoms with van der Waals surface area (Å²) in [4.78, 5) is 10.4. The van der Waals surface area contributed by atoms with Crippen LogP contribution in [0, 0.1) is 20.7 Å². The quantitative estimate of drug-likeness (QED) is 0.319. The Morgan fingerprint density at radius 1 is 1.32 bits per heavy atom. The van der Waals surface area contributed by atoms with Gasteiger partial charge in [0.15, 0.2) is 5.82 Å². The molecule has 0 radical (unpaired) electrons. The summed E-state index contributed by atoms with van der Waals surface area (Å²) in [6.45, 7) is 0.